The Morgan fingerprint density at radius 2 is 1.67 bits per heavy atom. The molecule has 0 unspecified atom stereocenters. The lowest BCUT2D eigenvalue weighted by Gasteiger charge is -2.09. The first kappa shape index (κ1) is 18.4. The standard InChI is InChI=1S/C19H17N3O4S/c1-26-16-9-7-15(8-10-16)22-27(24,25)17-11-5-14(6-12-17)19(23)21-18-4-2-3-13-20-18/h2-13,22H,1H3,(H,20,21,23). The maximum atomic E-state index is 12.5. The van der Waals surface area contributed by atoms with Gasteiger partial charge in [0.1, 0.15) is 11.6 Å². The minimum Gasteiger partial charge on any atom is -0.497 e. The Balaban J connectivity index is 1.72. The lowest BCUT2D eigenvalue weighted by molar-refractivity contribution is 0.102. The summed E-state index contributed by atoms with van der Waals surface area (Å²) >= 11 is 0. The molecule has 0 bridgehead atoms. The number of aromatic nitrogens is 1. The molecule has 7 nitrogen and oxygen atoms in total. The highest BCUT2D eigenvalue weighted by atomic mass is 32.2. The van der Waals surface area contributed by atoms with E-state index in [0.29, 0.717) is 22.8 Å². The van der Waals surface area contributed by atoms with Gasteiger partial charge in [0.05, 0.1) is 12.0 Å². The summed E-state index contributed by atoms with van der Waals surface area (Å²) in [5, 5.41) is 2.64. The Labute approximate surface area is 157 Å². The lowest BCUT2D eigenvalue weighted by Crippen LogP contribution is -2.15. The second kappa shape index (κ2) is 7.88. The fraction of sp³-hybridized carbons (Fsp3) is 0.0526. The summed E-state index contributed by atoms with van der Waals surface area (Å²) in [4.78, 5) is 16.3. The van der Waals surface area contributed by atoms with Crippen molar-refractivity contribution < 1.29 is 17.9 Å². The van der Waals surface area contributed by atoms with Gasteiger partial charge in [-0.3, -0.25) is 9.52 Å². The predicted octanol–water partition coefficient (Wildman–Crippen LogP) is 3.14. The molecule has 8 heteroatoms. The Morgan fingerprint density at radius 1 is 0.963 bits per heavy atom. The summed E-state index contributed by atoms with van der Waals surface area (Å²) < 4.78 is 32.5. The van der Waals surface area contributed by atoms with Crippen LogP contribution in [-0.2, 0) is 10.0 Å². The number of pyridine rings is 1. The van der Waals surface area contributed by atoms with Crippen LogP contribution >= 0.6 is 0 Å². The van der Waals surface area contributed by atoms with E-state index in [4.69, 9.17) is 4.74 Å². The lowest BCUT2D eigenvalue weighted by atomic mass is 10.2. The van der Waals surface area contributed by atoms with Gasteiger partial charge in [0.25, 0.3) is 15.9 Å². The Bertz CT molecular complexity index is 1020. The molecular formula is C19H17N3O4S. The number of carbonyl (C=O) groups is 1. The first-order chi connectivity index (χ1) is 13.0. The number of hydrogen-bond donors (Lipinski definition) is 2. The molecule has 0 saturated heterocycles. The minimum absolute atomic E-state index is 0.0488. The van der Waals surface area contributed by atoms with Gasteiger partial charge in [0, 0.05) is 17.4 Å². The maximum absolute atomic E-state index is 12.5. The Kier molecular flexibility index (Phi) is 5.37. The average molecular weight is 383 g/mol. The molecule has 138 valence electrons. The van der Waals surface area contributed by atoms with Crippen LogP contribution in [0.15, 0.2) is 77.8 Å². The van der Waals surface area contributed by atoms with Crippen LogP contribution in [0.3, 0.4) is 0 Å². The van der Waals surface area contributed by atoms with Crippen LogP contribution in [0.4, 0.5) is 11.5 Å². The number of ether oxygens (including phenoxy) is 1. The molecule has 3 aromatic rings. The summed E-state index contributed by atoms with van der Waals surface area (Å²) in [6.45, 7) is 0. The highest BCUT2D eigenvalue weighted by Crippen LogP contribution is 2.20. The van der Waals surface area contributed by atoms with E-state index >= 15 is 0 Å². The number of nitrogens with one attached hydrogen (secondary N) is 2. The van der Waals surface area contributed by atoms with Crippen LogP contribution in [0.5, 0.6) is 5.75 Å². The summed E-state index contributed by atoms with van der Waals surface area (Å²) in [5.41, 5.74) is 0.733. The zero-order valence-corrected chi connectivity index (χ0v) is 15.2. The van der Waals surface area contributed by atoms with Gasteiger partial charge < -0.3 is 10.1 Å². The molecule has 0 aliphatic heterocycles. The van der Waals surface area contributed by atoms with Crippen molar-refractivity contribution in [1.29, 1.82) is 0 Å². The number of methoxy groups -OCH3 is 1. The number of sulfonamides is 1. The van der Waals surface area contributed by atoms with Gasteiger partial charge in [-0.2, -0.15) is 0 Å². The van der Waals surface area contributed by atoms with Crippen molar-refractivity contribution >= 4 is 27.4 Å². The van der Waals surface area contributed by atoms with Gasteiger partial charge in [-0.25, -0.2) is 13.4 Å². The molecule has 3 rings (SSSR count). The van der Waals surface area contributed by atoms with E-state index < -0.39 is 10.0 Å². The molecule has 0 aliphatic rings. The molecule has 2 aromatic carbocycles. The molecular weight excluding hydrogens is 366 g/mol. The highest BCUT2D eigenvalue weighted by molar-refractivity contribution is 7.92. The number of hydrogen-bond acceptors (Lipinski definition) is 5. The number of carbonyl (C=O) groups excluding carboxylic acids is 1. The SMILES string of the molecule is COc1ccc(NS(=O)(=O)c2ccc(C(=O)Nc3ccccn3)cc2)cc1. The first-order valence-electron chi connectivity index (χ1n) is 7.97. The van der Waals surface area contributed by atoms with E-state index in [1.54, 1.807) is 48.7 Å². The third kappa shape index (κ3) is 4.62. The molecule has 2 N–H and O–H groups in total. The van der Waals surface area contributed by atoms with Gasteiger partial charge >= 0.3 is 0 Å². The smallest absolute Gasteiger partial charge is 0.261 e. The van der Waals surface area contributed by atoms with E-state index in [1.807, 2.05) is 0 Å². The van der Waals surface area contributed by atoms with Crippen LogP contribution in [0.25, 0.3) is 0 Å². The summed E-state index contributed by atoms with van der Waals surface area (Å²) in [6.07, 6.45) is 1.57. The van der Waals surface area contributed by atoms with Gasteiger partial charge in [-0.15, -0.1) is 0 Å². The van der Waals surface area contributed by atoms with Crippen molar-refractivity contribution in [2.45, 2.75) is 4.90 Å². The van der Waals surface area contributed by atoms with Crippen LogP contribution in [-0.4, -0.2) is 26.4 Å². The molecule has 0 saturated carbocycles. The summed E-state index contributed by atoms with van der Waals surface area (Å²) in [6, 6.07) is 17.3. The van der Waals surface area contributed by atoms with E-state index in [1.165, 1.54) is 31.4 Å². The average Bonchev–Trinajstić information content (AvgIpc) is 2.69. The molecule has 0 radical (unpaired) electrons. The predicted molar refractivity (Wildman–Crippen MR) is 102 cm³/mol. The molecule has 0 spiro atoms. The molecule has 1 aromatic heterocycles. The Morgan fingerprint density at radius 3 is 2.26 bits per heavy atom. The van der Waals surface area contributed by atoms with Crippen molar-refractivity contribution in [3.63, 3.8) is 0 Å². The third-order valence-electron chi connectivity index (χ3n) is 3.68. The Hall–Kier alpha value is -3.39. The van der Waals surface area contributed by atoms with E-state index in [-0.39, 0.29) is 10.8 Å². The van der Waals surface area contributed by atoms with Gasteiger partial charge in [-0.1, -0.05) is 6.07 Å². The quantitative estimate of drug-likeness (QED) is 0.681. The fourth-order valence-electron chi connectivity index (χ4n) is 2.28. The fourth-order valence-corrected chi connectivity index (χ4v) is 3.34. The minimum atomic E-state index is -3.77. The number of anilines is 2. The summed E-state index contributed by atoms with van der Waals surface area (Å²) in [5.74, 6) is 0.669. The van der Waals surface area contributed by atoms with Gasteiger partial charge in [-0.05, 0) is 60.7 Å². The molecule has 0 atom stereocenters. The number of amides is 1. The molecule has 27 heavy (non-hydrogen) atoms. The van der Waals surface area contributed by atoms with Crippen LogP contribution < -0.4 is 14.8 Å². The zero-order chi connectivity index (χ0) is 19.3. The van der Waals surface area contributed by atoms with Crippen LogP contribution in [0.2, 0.25) is 0 Å². The maximum Gasteiger partial charge on any atom is 0.261 e. The van der Waals surface area contributed by atoms with Crippen molar-refractivity contribution in [2.75, 3.05) is 17.1 Å². The van der Waals surface area contributed by atoms with Crippen molar-refractivity contribution in [3.8, 4) is 5.75 Å². The topological polar surface area (TPSA) is 97.4 Å². The second-order valence-corrected chi connectivity index (χ2v) is 7.21. The van der Waals surface area contributed by atoms with Crippen LogP contribution in [0, 0.1) is 0 Å². The number of rotatable bonds is 6. The third-order valence-corrected chi connectivity index (χ3v) is 5.07. The van der Waals surface area contributed by atoms with Crippen molar-refractivity contribution in [1.82, 2.24) is 4.98 Å². The second-order valence-electron chi connectivity index (χ2n) is 5.53. The van der Waals surface area contributed by atoms with E-state index in [0.717, 1.165) is 0 Å². The van der Waals surface area contributed by atoms with E-state index in [9.17, 15) is 13.2 Å². The highest BCUT2D eigenvalue weighted by Gasteiger charge is 2.15. The summed E-state index contributed by atoms with van der Waals surface area (Å²) in [7, 11) is -2.24. The number of nitrogens with zero attached hydrogens (tertiary/aromatic N) is 1. The van der Waals surface area contributed by atoms with Gasteiger partial charge in [0.2, 0.25) is 0 Å². The normalized spacial score (nSPS) is 10.9. The molecule has 1 amide bonds. The molecule has 1 heterocycles. The molecule has 0 aliphatic carbocycles. The van der Waals surface area contributed by atoms with Crippen molar-refractivity contribution in [2.24, 2.45) is 0 Å². The van der Waals surface area contributed by atoms with Crippen LogP contribution in [0.1, 0.15) is 10.4 Å². The first-order valence-corrected chi connectivity index (χ1v) is 9.45. The van der Waals surface area contributed by atoms with E-state index in [2.05, 4.69) is 15.0 Å². The zero-order valence-electron chi connectivity index (χ0n) is 14.4. The monoisotopic (exact) mass is 383 g/mol. The molecule has 0 fully saturated rings. The largest absolute Gasteiger partial charge is 0.497 e. The van der Waals surface area contributed by atoms with Gasteiger partial charge in [0.15, 0.2) is 0 Å². The number of benzene rings is 2. The van der Waals surface area contributed by atoms with Crippen molar-refractivity contribution in [3.05, 3.63) is 78.5 Å².